The van der Waals surface area contributed by atoms with Crippen LogP contribution in [-0.2, 0) is 14.6 Å². The molecule has 0 spiro atoms. The van der Waals surface area contributed by atoms with Gasteiger partial charge >= 0.3 is 24.2 Å². The Hall–Kier alpha value is -1.06. The maximum atomic E-state index is 12.2. The van der Waals surface area contributed by atoms with Crippen LogP contribution >= 0.6 is 0 Å². The molecule has 0 rings (SSSR count). The summed E-state index contributed by atoms with van der Waals surface area (Å²) in [5, 5.41) is 0. The van der Waals surface area contributed by atoms with E-state index in [4.69, 9.17) is 0 Å². The quantitative estimate of drug-likeness (QED) is 0.441. The smallest absolute Gasteiger partial charge is 0.292 e. The lowest BCUT2D eigenvalue weighted by Gasteiger charge is -2.25. The fourth-order valence-corrected chi connectivity index (χ4v) is 0.375. The second kappa shape index (κ2) is 4.44. The number of carbonyl (C=O) groups excluding carboxylic acids is 1. The van der Waals surface area contributed by atoms with Gasteiger partial charge in [-0.1, -0.05) is 6.92 Å². The molecule has 0 radical (unpaired) electrons. The number of alkyl halides is 7. The largest absolute Gasteiger partial charge is 0.464 e. The number of rotatable bonds is 4. The monoisotopic (exact) mass is 258 g/mol. The lowest BCUT2D eigenvalue weighted by Crippen LogP contribution is -2.53. The van der Waals surface area contributed by atoms with Crippen molar-refractivity contribution >= 4 is 5.97 Å². The molecule has 3 nitrogen and oxygen atoms in total. The van der Waals surface area contributed by atoms with Crippen LogP contribution in [0.5, 0.6) is 0 Å². The van der Waals surface area contributed by atoms with Crippen LogP contribution in [-0.4, -0.2) is 24.2 Å². The van der Waals surface area contributed by atoms with Crippen LogP contribution in [0.4, 0.5) is 30.7 Å². The second-order valence-electron chi connectivity index (χ2n) is 2.48. The first kappa shape index (κ1) is 14.9. The molecule has 0 N–H and O–H groups in total. The fourth-order valence-electron chi connectivity index (χ4n) is 0.375. The Labute approximate surface area is 84.0 Å². The van der Waals surface area contributed by atoms with Gasteiger partial charge in [-0.25, -0.2) is 4.79 Å². The van der Waals surface area contributed by atoms with Crippen LogP contribution < -0.4 is 0 Å². The molecule has 0 bridgehead atoms. The van der Waals surface area contributed by atoms with Crippen LogP contribution in [0.15, 0.2) is 0 Å². The van der Waals surface area contributed by atoms with E-state index < -0.39 is 30.6 Å². The Morgan fingerprint density at radius 1 is 1.06 bits per heavy atom. The molecule has 0 amide bonds. The average molecular weight is 258 g/mol. The normalized spacial score (nSPS) is 13.8. The number of halogens is 7. The van der Waals surface area contributed by atoms with Gasteiger partial charge in [0.2, 0.25) is 0 Å². The van der Waals surface area contributed by atoms with Crippen LogP contribution in [0, 0.1) is 0 Å². The molecule has 0 saturated carbocycles. The summed E-state index contributed by atoms with van der Waals surface area (Å²) in [5.41, 5.74) is 0. The summed E-state index contributed by atoms with van der Waals surface area (Å²) in [6.45, 7) is 1.09. The molecule has 16 heavy (non-hydrogen) atoms. The molecule has 0 aliphatic heterocycles. The van der Waals surface area contributed by atoms with Crippen molar-refractivity contribution in [1.29, 1.82) is 0 Å². The summed E-state index contributed by atoms with van der Waals surface area (Å²) in [7, 11) is 0. The highest BCUT2D eigenvalue weighted by atomic mass is 19.4. The van der Waals surface area contributed by atoms with Crippen molar-refractivity contribution in [1.82, 2.24) is 0 Å². The third-order valence-corrected chi connectivity index (χ3v) is 1.25. The third-order valence-electron chi connectivity index (χ3n) is 1.25. The van der Waals surface area contributed by atoms with Gasteiger partial charge in [-0.15, -0.1) is 4.89 Å². The Kier molecular flexibility index (Phi) is 4.14. The summed E-state index contributed by atoms with van der Waals surface area (Å²) in [6, 6.07) is 0. The van der Waals surface area contributed by atoms with E-state index in [0.717, 1.165) is 6.92 Å². The van der Waals surface area contributed by atoms with Gasteiger partial charge in [0.15, 0.2) is 0 Å². The van der Waals surface area contributed by atoms with Crippen LogP contribution in [0.3, 0.4) is 0 Å². The Morgan fingerprint density at radius 3 is 1.81 bits per heavy atom. The predicted octanol–water partition coefficient (Wildman–Crippen LogP) is 2.66. The van der Waals surface area contributed by atoms with E-state index in [2.05, 4.69) is 9.78 Å². The standard InChI is InChI=1S/C6H5F7O3/c1-2-3(14)15-16-6(12,13)4(7,8)5(9,10)11/h2H2,1H3. The minimum atomic E-state index is -6.53. The highest BCUT2D eigenvalue weighted by Gasteiger charge is 2.76. The van der Waals surface area contributed by atoms with E-state index in [1.54, 1.807) is 0 Å². The van der Waals surface area contributed by atoms with Gasteiger partial charge in [-0.05, 0) is 0 Å². The summed E-state index contributed by atoms with van der Waals surface area (Å²) < 4.78 is 83.0. The van der Waals surface area contributed by atoms with E-state index >= 15 is 0 Å². The molecule has 0 heterocycles. The second-order valence-corrected chi connectivity index (χ2v) is 2.48. The van der Waals surface area contributed by atoms with Gasteiger partial charge < -0.3 is 0 Å². The minimum absolute atomic E-state index is 0.534. The molecule has 10 heteroatoms. The third kappa shape index (κ3) is 2.97. The van der Waals surface area contributed by atoms with Crippen molar-refractivity contribution < 1.29 is 45.3 Å². The zero-order chi connectivity index (χ0) is 13.2. The van der Waals surface area contributed by atoms with Crippen molar-refractivity contribution in [2.75, 3.05) is 0 Å². The number of hydrogen-bond acceptors (Lipinski definition) is 3. The zero-order valence-corrected chi connectivity index (χ0v) is 7.58. The SMILES string of the molecule is CCC(=O)OOC(F)(F)C(F)(F)C(F)(F)F. The topological polar surface area (TPSA) is 35.5 Å². The molecule has 0 saturated heterocycles. The summed E-state index contributed by atoms with van der Waals surface area (Å²) >= 11 is 0. The minimum Gasteiger partial charge on any atom is -0.292 e. The van der Waals surface area contributed by atoms with Crippen molar-refractivity contribution in [3.63, 3.8) is 0 Å². The summed E-state index contributed by atoms with van der Waals surface area (Å²) in [6.07, 6.45) is -13.1. The molecule has 0 unspecified atom stereocenters. The van der Waals surface area contributed by atoms with Gasteiger partial charge in [0.05, 0.1) is 0 Å². The molecule has 0 fully saturated rings. The van der Waals surface area contributed by atoms with Crippen LogP contribution in [0.25, 0.3) is 0 Å². The van der Waals surface area contributed by atoms with Crippen molar-refractivity contribution in [3.8, 4) is 0 Å². The number of hydrogen-bond donors (Lipinski definition) is 0. The van der Waals surface area contributed by atoms with Crippen molar-refractivity contribution in [3.05, 3.63) is 0 Å². The van der Waals surface area contributed by atoms with E-state index in [0.29, 0.717) is 0 Å². The van der Waals surface area contributed by atoms with Crippen molar-refractivity contribution in [2.24, 2.45) is 0 Å². The maximum Gasteiger partial charge on any atom is 0.464 e. The highest BCUT2D eigenvalue weighted by Crippen LogP contribution is 2.47. The summed E-state index contributed by atoms with van der Waals surface area (Å²) in [5.74, 6) is -7.98. The molecule has 0 aromatic heterocycles. The van der Waals surface area contributed by atoms with E-state index in [1.807, 2.05) is 0 Å². The Morgan fingerprint density at radius 2 is 1.50 bits per heavy atom. The first-order chi connectivity index (χ1) is 6.95. The lowest BCUT2D eigenvalue weighted by molar-refractivity contribution is -0.499. The molecule has 0 aromatic carbocycles. The first-order valence-corrected chi connectivity index (χ1v) is 3.66. The summed E-state index contributed by atoms with van der Waals surface area (Å²) in [4.78, 5) is 15.8. The molecular weight excluding hydrogens is 253 g/mol. The first-order valence-electron chi connectivity index (χ1n) is 3.66. The molecule has 0 aliphatic rings. The Balaban J connectivity index is 4.72. The number of carbonyl (C=O) groups is 1. The van der Waals surface area contributed by atoms with Gasteiger partial charge in [-0.2, -0.15) is 30.7 Å². The Bertz CT molecular complexity index is 259. The fraction of sp³-hybridized carbons (Fsp3) is 0.833. The van der Waals surface area contributed by atoms with Gasteiger partial charge in [0.1, 0.15) is 0 Å². The van der Waals surface area contributed by atoms with Gasteiger partial charge in [0, 0.05) is 6.42 Å². The van der Waals surface area contributed by atoms with Gasteiger partial charge in [-0.3, -0.25) is 4.89 Å². The molecule has 0 aliphatic carbocycles. The molecule has 0 atom stereocenters. The van der Waals surface area contributed by atoms with E-state index in [-0.39, 0.29) is 0 Å². The van der Waals surface area contributed by atoms with E-state index in [1.165, 1.54) is 0 Å². The maximum absolute atomic E-state index is 12.2. The predicted molar refractivity (Wildman–Crippen MR) is 33.4 cm³/mol. The lowest BCUT2D eigenvalue weighted by atomic mass is 10.3. The van der Waals surface area contributed by atoms with Gasteiger partial charge in [0.25, 0.3) is 0 Å². The highest BCUT2D eigenvalue weighted by molar-refractivity contribution is 5.68. The molecule has 96 valence electrons. The van der Waals surface area contributed by atoms with E-state index in [9.17, 15) is 35.5 Å². The molecule has 0 aromatic rings. The van der Waals surface area contributed by atoms with Crippen molar-refractivity contribution in [2.45, 2.75) is 31.6 Å². The zero-order valence-electron chi connectivity index (χ0n) is 7.58. The average Bonchev–Trinajstić information content (AvgIpc) is 2.12. The molecular formula is C6H5F7O3. The van der Waals surface area contributed by atoms with Crippen LogP contribution in [0.1, 0.15) is 13.3 Å². The van der Waals surface area contributed by atoms with Crippen LogP contribution in [0.2, 0.25) is 0 Å².